The summed E-state index contributed by atoms with van der Waals surface area (Å²) in [5.74, 6) is 0. The minimum Gasteiger partial charge on any atom is -0.393 e. The van der Waals surface area contributed by atoms with Gasteiger partial charge < -0.3 is 15.6 Å². The minimum atomic E-state index is -0.347. The second-order valence-electron chi connectivity index (χ2n) is 3.05. The van der Waals surface area contributed by atoms with E-state index >= 15 is 0 Å². The first-order valence-corrected chi connectivity index (χ1v) is 3.67. The van der Waals surface area contributed by atoms with Crippen molar-refractivity contribution in [3.05, 3.63) is 0 Å². The fraction of sp³-hybridized carbons (Fsp3) is 1.00. The lowest BCUT2D eigenvalue weighted by molar-refractivity contribution is 0.0335. The van der Waals surface area contributed by atoms with E-state index in [1.165, 1.54) is 0 Å². The molecule has 3 heteroatoms. The van der Waals surface area contributed by atoms with Crippen molar-refractivity contribution in [2.75, 3.05) is 19.8 Å². The molecule has 10 heavy (non-hydrogen) atoms. The topological polar surface area (TPSA) is 55.5 Å². The number of aliphatic hydroxyl groups is 1. The van der Waals surface area contributed by atoms with Gasteiger partial charge in [0, 0.05) is 18.6 Å². The van der Waals surface area contributed by atoms with Gasteiger partial charge in [-0.1, -0.05) is 0 Å². The molecular formula is C7H15NO2. The van der Waals surface area contributed by atoms with E-state index in [1.54, 1.807) is 6.92 Å². The van der Waals surface area contributed by atoms with Gasteiger partial charge in [-0.25, -0.2) is 0 Å². The Hall–Kier alpha value is -0.120. The Morgan fingerprint density at radius 1 is 1.80 bits per heavy atom. The van der Waals surface area contributed by atoms with Crippen molar-refractivity contribution in [2.45, 2.75) is 19.4 Å². The standard InChI is InChI=1S/C7H15NO2/c1-6(9)7(4-8)2-3-10-5-7/h6,9H,2-5,8H2,1H3. The van der Waals surface area contributed by atoms with Crippen LogP contribution in [0.5, 0.6) is 0 Å². The van der Waals surface area contributed by atoms with Crippen LogP contribution in [0.4, 0.5) is 0 Å². The molecule has 60 valence electrons. The van der Waals surface area contributed by atoms with Crippen LogP contribution in [0.2, 0.25) is 0 Å². The summed E-state index contributed by atoms with van der Waals surface area (Å²) in [6, 6.07) is 0. The zero-order valence-electron chi connectivity index (χ0n) is 6.34. The van der Waals surface area contributed by atoms with Gasteiger partial charge >= 0.3 is 0 Å². The molecular weight excluding hydrogens is 130 g/mol. The molecule has 0 spiro atoms. The molecule has 0 radical (unpaired) electrons. The third kappa shape index (κ3) is 1.17. The fourth-order valence-corrected chi connectivity index (χ4v) is 1.28. The van der Waals surface area contributed by atoms with Crippen LogP contribution in [0.15, 0.2) is 0 Å². The van der Waals surface area contributed by atoms with E-state index in [1.807, 2.05) is 0 Å². The lowest BCUT2D eigenvalue weighted by atomic mass is 9.82. The molecule has 0 aliphatic carbocycles. The Balaban J connectivity index is 2.58. The molecule has 0 aromatic carbocycles. The van der Waals surface area contributed by atoms with Gasteiger partial charge in [-0.15, -0.1) is 0 Å². The van der Waals surface area contributed by atoms with Gasteiger partial charge in [0.2, 0.25) is 0 Å². The average Bonchev–Trinajstić information content (AvgIpc) is 2.35. The first-order valence-electron chi connectivity index (χ1n) is 3.67. The molecule has 3 nitrogen and oxygen atoms in total. The van der Waals surface area contributed by atoms with Crippen LogP contribution in [0, 0.1) is 5.41 Å². The summed E-state index contributed by atoms with van der Waals surface area (Å²) in [6.07, 6.45) is 0.543. The monoisotopic (exact) mass is 145 g/mol. The van der Waals surface area contributed by atoms with E-state index in [0.717, 1.165) is 13.0 Å². The molecule has 0 aromatic heterocycles. The molecule has 0 saturated carbocycles. The number of hydrogen-bond acceptors (Lipinski definition) is 3. The summed E-state index contributed by atoms with van der Waals surface area (Å²) in [4.78, 5) is 0. The zero-order chi connectivity index (χ0) is 7.61. The molecule has 1 fully saturated rings. The molecule has 1 aliphatic rings. The first kappa shape index (κ1) is 7.98. The number of ether oxygens (including phenoxy) is 1. The molecule has 1 heterocycles. The van der Waals surface area contributed by atoms with Crippen LogP contribution >= 0.6 is 0 Å². The molecule has 1 rings (SSSR count). The second kappa shape index (κ2) is 2.86. The van der Waals surface area contributed by atoms with Crippen molar-refractivity contribution in [1.29, 1.82) is 0 Å². The van der Waals surface area contributed by atoms with Gasteiger partial charge in [-0.05, 0) is 13.3 Å². The van der Waals surface area contributed by atoms with E-state index in [4.69, 9.17) is 10.5 Å². The Labute approximate surface area is 61.2 Å². The Kier molecular flexibility index (Phi) is 2.28. The highest BCUT2D eigenvalue weighted by atomic mass is 16.5. The van der Waals surface area contributed by atoms with Crippen LogP contribution < -0.4 is 5.73 Å². The summed E-state index contributed by atoms with van der Waals surface area (Å²) in [7, 11) is 0. The summed E-state index contributed by atoms with van der Waals surface area (Å²) in [5, 5.41) is 9.34. The molecule has 2 atom stereocenters. The van der Waals surface area contributed by atoms with Crippen LogP contribution in [-0.4, -0.2) is 31.0 Å². The molecule has 0 amide bonds. The largest absolute Gasteiger partial charge is 0.393 e. The predicted molar refractivity (Wildman–Crippen MR) is 38.6 cm³/mol. The number of nitrogens with two attached hydrogens (primary N) is 1. The number of hydrogen-bond donors (Lipinski definition) is 2. The third-order valence-corrected chi connectivity index (χ3v) is 2.43. The highest BCUT2D eigenvalue weighted by molar-refractivity contribution is 4.88. The maximum Gasteiger partial charge on any atom is 0.0603 e. The molecule has 1 aliphatic heterocycles. The summed E-state index contributed by atoms with van der Waals surface area (Å²) in [6.45, 7) is 3.65. The predicted octanol–water partition coefficient (Wildman–Crippen LogP) is -0.267. The van der Waals surface area contributed by atoms with Gasteiger partial charge in [0.05, 0.1) is 12.7 Å². The summed E-state index contributed by atoms with van der Waals surface area (Å²) < 4.78 is 5.17. The van der Waals surface area contributed by atoms with E-state index in [2.05, 4.69) is 0 Å². The second-order valence-corrected chi connectivity index (χ2v) is 3.05. The van der Waals surface area contributed by atoms with E-state index < -0.39 is 0 Å². The lowest BCUT2D eigenvalue weighted by Crippen LogP contribution is -2.40. The number of aliphatic hydroxyl groups excluding tert-OH is 1. The fourth-order valence-electron chi connectivity index (χ4n) is 1.28. The van der Waals surface area contributed by atoms with E-state index in [0.29, 0.717) is 13.2 Å². The maximum absolute atomic E-state index is 9.34. The van der Waals surface area contributed by atoms with Gasteiger partial charge in [-0.2, -0.15) is 0 Å². The Morgan fingerprint density at radius 2 is 2.50 bits per heavy atom. The first-order chi connectivity index (χ1) is 4.71. The van der Waals surface area contributed by atoms with Gasteiger partial charge in [-0.3, -0.25) is 0 Å². The molecule has 0 bridgehead atoms. The normalized spacial score (nSPS) is 36.3. The summed E-state index contributed by atoms with van der Waals surface area (Å²) >= 11 is 0. The maximum atomic E-state index is 9.34. The van der Waals surface area contributed by atoms with Gasteiger partial charge in [0.15, 0.2) is 0 Å². The molecule has 1 saturated heterocycles. The summed E-state index contributed by atoms with van der Waals surface area (Å²) in [5.41, 5.74) is 5.38. The molecule has 0 aromatic rings. The van der Waals surface area contributed by atoms with Crippen molar-refractivity contribution < 1.29 is 9.84 Å². The Morgan fingerprint density at radius 3 is 2.70 bits per heavy atom. The number of rotatable bonds is 2. The average molecular weight is 145 g/mol. The SMILES string of the molecule is CC(O)C1(CN)CCOC1. The van der Waals surface area contributed by atoms with Gasteiger partial charge in [0.1, 0.15) is 0 Å². The van der Waals surface area contributed by atoms with Crippen molar-refractivity contribution in [2.24, 2.45) is 11.1 Å². The lowest BCUT2D eigenvalue weighted by Gasteiger charge is -2.28. The van der Waals surface area contributed by atoms with Crippen LogP contribution in [0.3, 0.4) is 0 Å². The zero-order valence-corrected chi connectivity index (χ0v) is 6.34. The van der Waals surface area contributed by atoms with Gasteiger partial charge in [0.25, 0.3) is 0 Å². The minimum absolute atomic E-state index is 0.153. The van der Waals surface area contributed by atoms with Crippen LogP contribution in [0.25, 0.3) is 0 Å². The smallest absolute Gasteiger partial charge is 0.0603 e. The molecule has 2 unspecified atom stereocenters. The van der Waals surface area contributed by atoms with Crippen molar-refractivity contribution in [3.63, 3.8) is 0 Å². The Bertz CT molecular complexity index is 108. The highest BCUT2D eigenvalue weighted by Crippen LogP contribution is 2.30. The van der Waals surface area contributed by atoms with Crippen molar-refractivity contribution in [1.82, 2.24) is 0 Å². The molecule has 3 N–H and O–H groups in total. The van der Waals surface area contributed by atoms with E-state index in [9.17, 15) is 5.11 Å². The quantitative estimate of drug-likeness (QED) is 0.562. The van der Waals surface area contributed by atoms with Crippen LogP contribution in [-0.2, 0) is 4.74 Å². The van der Waals surface area contributed by atoms with Crippen molar-refractivity contribution in [3.8, 4) is 0 Å². The van der Waals surface area contributed by atoms with Crippen LogP contribution in [0.1, 0.15) is 13.3 Å². The highest BCUT2D eigenvalue weighted by Gasteiger charge is 2.37. The third-order valence-electron chi connectivity index (χ3n) is 2.43. The van der Waals surface area contributed by atoms with E-state index in [-0.39, 0.29) is 11.5 Å². The van der Waals surface area contributed by atoms with Crippen molar-refractivity contribution >= 4 is 0 Å².